The first kappa shape index (κ1) is 12.6. The lowest BCUT2D eigenvalue weighted by Gasteiger charge is -2.07. The maximum Gasteiger partial charge on any atom is 0.252 e. The van der Waals surface area contributed by atoms with E-state index in [-0.39, 0.29) is 5.91 Å². The van der Waals surface area contributed by atoms with Crippen LogP contribution < -0.4 is 11.1 Å². The molecule has 0 aliphatic rings. The number of nitrogens with one attached hydrogen (secondary N) is 1. The zero-order valence-electron chi connectivity index (χ0n) is 9.72. The van der Waals surface area contributed by atoms with E-state index in [0.29, 0.717) is 28.1 Å². The highest BCUT2D eigenvalue weighted by molar-refractivity contribution is 9.10. The van der Waals surface area contributed by atoms with Crippen molar-refractivity contribution in [2.24, 2.45) is 7.05 Å². The highest BCUT2D eigenvalue weighted by atomic mass is 79.9. The molecule has 0 fully saturated rings. The Morgan fingerprint density at radius 2 is 2.33 bits per heavy atom. The smallest absolute Gasteiger partial charge is 0.252 e. The summed E-state index contributed by atoms with van der Waals surface area (Å²) in [5.41, 5.74) is 6.75. The summed E-state index contributed by atoms with van der Waals surface area (Å²) < 4.78 is 2.34. The summed E-state index contributed by atoms with van der Waals surface area (Å²) in [6.07, 6.45) is 1.58. The fourth-order valence-corrected chi connectivity index (χ4v) is 1.89. The van der Waals surface area contributed by atoms with E-state index in [4.69, 9.17) is 5.73 Å². The van der Waals surface area contributed by atoms with Crippen LogP contribution in [-0.4, -0.2) is 20.7 Å². The summed E-state index contributed by atoms with van der Waals surface area (Å²) in [5.74, 6) is 0.473. The van der Waals surface area contributed by atoms with Crippen molar-refractivity contribution >= 4 is 27.5 Å². The number of nitrogen functional groups attached to an aromatic ring is 1. The van der Waals surface area contributed by atoms with Gasteiger partial charge in [0.15, 0.2) is 5.82 Å². The second kappa shape index (κ2) is 5.18. The number of carbonyl (C=O) groups is 1. The summed E-state index contributed by atoms with van der Waals surface area (Å²) in [6.45, 7) is 0.316. The molecule has 0 bridgehead atoms. The topological polar surface area (TPSA) is 85.8 Å². The molecule has 0 atom stereocenters. The summed E-state index contributed by atoms with van der Waals surface area (Å²) in [5, 5.41) is 10.4. The Morgan fingerprint density at radius 1 is 1.56 bits per heavy atom. The number of amides is 1. The fraction of sp³-hybridized carbons (Fsp3) is 0.182. The molecule has 0 radical (unpaired) electrons. The number of aromatic nitrogens is 3. The molecule has 0 saturated carbocycles. The minimum absolute atomic E-state index is 0.211. The van der Waals surface area contributed by atoms with Crippen LogP contribution in [0.4, 0.5) is 5.69 Å². The van der Waals surface area contributed by atoms with Crippen LogP contribution in [0, 0.1) is 0 Å². The molecular weight excluding hydrogens is 298 g/mol. The Labute approximate surface area is 112 Å². The van der Waals surface area contributed by atoms with Gasteiger partial charge in [0.1, 0.15) is 6.33 Å². The number of anilines is 1. The molecule has 1 aromatic carbocycles. The van der Waals surface area contributed by atoms with Crippen molar-refractivity contribution in [2.45, 2.75) is 6.54 Å². The second-order valence-electron chi connectivity index (χ2n) is 3.75. The zero-order chi connectivity index (χ0) is 13.1. The van der Waals surface area contributed by atoms with Gasteiger partial charge in [-0.05, 0) is 28.1 Å². The summed E-state index contributed by atoms with van der Waals surface area (Å²) in [6, 6.07) is 5.16. The summed E-state index contributed by atoms with van der Waals surface area (Å²) >= 11 is 3.29. The van der Waals surface area contributed by atoms with Crippen molar-refractivity contribution < 1.29 is 4.79 Å². The number of nitrogens with zero attached hydrogens (tertiary/aromatic N) is 3. The van der Waals surface area contributed by atoms with Crippen LogP contribution in [0.3, 0.4) is 0 Å². The van der Waals surface area contributed by atoms with Gasteiger partial charge in [0.05, 0.1) is 16.6 Å². The lowest BCUT2D eigenvalue weighted by Crippen LogP contribution is -2.24. The first-order valence-corrected chi connectivity index (χ1v) is 6.04. The third kappa shape index (κ3) is 2.51. The number of rotatable bonds is 3. The normalized spacial score (nSPS) is 10.3. The van der Waals surface area contributed by atoms with Gasteiger partial charge in [-0.3, -0.25) is 4.79 Å². The van der Waals surface area contributed by atoms with Gasteiger partial charge in [-0.2, -0.15) is 0 Å². The van der Waals surface area contributed by atoms with Crippen LogP contribution >= 0.6 is 15.9 Å². The first-order valence-electron chi connectivity index (χ1n) is 5.24. The van der Waals surface area contributed by atoms with Gasteiger partial charge in [-0.15, -0.1) is 10.2 Å². The minimum atomic E-state index is -0.211. The second-order valence-corrected chi connectivity index (χ2v) is 4.54. The highest BCUT2D eigenvalue weighted by Crippen LogP contribution is 2.23. The highest BCUT2D eigenvalue weighted by Gasteiger charge is 2.12. The van der Waals surface area contributed by atoms with Crippen molar-refractivity contribution in [2.75, 3.05) is 5.73 Å². The summed E-state index contributed by atoms with van der Waals surface area (Å²) in [4.78, 5) is 12.0. The first-order chi connectivity index (χ1) is 8.59. The Bertz CT molecular complexity index is 581. The predicted octanol–water partition coefficient (Wildman–Crippen LogP) is 1.09. The SMILES string of the molecule is Cn1cnnc1CNC(=O)c1cccc(N)c1Br. The molecule has 94 valence electrons. The molecule has 0 saturated heterocycles. The average Bonchev–Trinajstić information content (AvgIpc) is 2.75. The van der Waals surface area contributed by atoms with Gasteiger partial charge in [-0.25, -0.2) is 0 Å². The Balaban J connectivity index is 2.09. The van der Waals surface area contributed by atoms with Gasteiger partial charge in [-0.1, -0.05) is 6.07 Å². The molecule has 0 unspecified atom stereocenters. The minimum Gasteiger partial charge on any atom is -0.398 e. The van der Waals surface area contributed by atoms with E-state index in [1.54, 1.807) is 29.1 Å². The number of halogens is 1. The quantitative estimate of drug-likeness (QED) is 0.831. The van der Waals surface area contributed by atoms with Gasteiger partial charge in [0.25, 0.3) is 5.91 Å². The van der Waals surface area contributed by atoms with Crippen molar-refractivity contribution in [3.05, 3.63) is 40.4 Å². The zero-order valence-corrected chi connectivity index (χ0v) is 11.3. The van der Waals surface area contributed by atoms with Gasteiger partial charge in [0.2, 0.25) is 0 Å². The molecule has 2 rings (SSSR count). The number of benzene rings is 1. The molecule has 0 aliphatic carbocycles. The molecule has 1 heterocycles. The molecule has 1 amide bonds. The lowest BCUT2D eigenvalue weighted by molar-refractivity contribution is 0.0949. The fourth-order valence-electron chi connectivity index (χ4n) is 1.45. The molecule has 1 aromatic heterocycles. The van der Waals surface area contributed by atoms with E-state index in [0.717, 1.165) is 0 Å². The number of hydrogen-bond donors (Lipinski definition) is 2. The predicted molar refractivity (Wildman–Crippen MR) is 70.7 cm³/mol. The van der Waals surface area contributed by atoms with E-state index >= 15 is 0 Å². The van der Waals surface area contributed by atoms with Crippen LogP contribution in [-0.2, 0) is 13.6 Å². The van der Waals surface area contributed by atoms with Crippen molar-refractivity contribution in [1.29, 1.82) is 0 Å². The van der Waals surface area contributed by atoms with Gasteiger partial charge < -0.3 is 15.6 Å². The van der Waals surface area contributed by atoms with E-state index in [1.807, 2.05) is 7.05 Å². The number of nitrogens with two attached hydrogens (primary N) is 1. The number of hydrogen-bond acceptors (Lipinski definition) is 4. The van der Waals surface area contributed by atoms with Crippen molar-refractivity contribution in [3.63, 3.8) is 0 Å². The maximum atomic E-state index is 12.0. The van der Waals surface area contributed by atoms with Crippen molar-refractivity contribution in [3.8, 4) is 0 Å². The Kier molecular flexibility index (Phi) is 3.61. The molecule has 3 N–H and O–H groups in total. The molecule has 6 nitrogen and oxygen atoms in total. The van der Waals surface area contributed by atoms with Crippen LogP contribution in [0.5, 0.6) is 0 Å². The van der Waals surface area contributed by atoms with Gasteiger partial charge >= 0.3 is 0 Å². The van der Waals surface area contributed by atoms with E-state index in [9.17, 15) is 4.79 Å². The lowest BCUT2D eigenvalue weighted by atomic mass is 10.2. The van der Waals surface area contributed by atoms with E-state index < -0.39 is 0 Å². The van der Waals surface area contributed by atoms with Crippen LogP contribution in [0.25, 0.3) is 0 Å². The third-order valence-electron chi connectivity index (χ3n) is 2.49. The molecule has 7 heteroatoms. The monoisotopic (exact) mass is 309 g/mol. The number of aryl methyl sites for hydroxylation is 1. The Morgan fingerprint density at radius 3 is 3.00 bits per heavy atom. The van der Waals surface area contributed by atoms with Crippen LogP contribution in [0.1, 0.15) is 16.2 Å². The Hall–Kier alpha value is -1.89. The largest absolute Gasteiger partial charge is 0.398 e. The van der Waals surface area contributed by atoms with Crippen molar-refractivity contribution in [1.82, 2.24) is 20.1 Å². The number of carbonyl (C=O) groups excluding carboxylic acids is 1. The maximum absolute atomic E-state index is 12.0. The third-order valence-corrected chi connectivity index (χ3v) is 3.37. The van der Waals surface area contributed by atoms with E-state index in [2.05, 4.69) is 31.4 Å². The standard InChI is InChI=1S/C11H12BrN5O/c1-17-6-15-16-9(17)5-14-11(18)7-3-2-4-8(13)10(7)12/h2-4,6H,5,13H2,1H3,(H,14,18). The molecule has 0 aliphatic heterocycles. The van der Waals surface area contributed by atoms with Crippen LogP contribution in [0.15, 0.2) is 29.0 Å². The van der Waals surface area contributed by atoms with Crippen LogP contribution in [0.2, 0.25) is 0 Å². The van der Waals surface area contributed by atoms with Gasteiger partial charge in [0, 0.05) is 12.7 Å². The molecule has 0 spiro atoms. The van der Waals surface area contributed by atoms with E-state index in [1.165, 1.54) is 0 Å². The molecular formula is C11H12BrN5O. The molecule has 18 heavy (non-hydrogen) atoms. The average molecular weight is 310 g/mol. The summed E-state index contributed by atoms with van der Waals surface area (Å²) in [7, 11) is 1.82. The molecule has 2 aromatic rings.